The van der Waals surface area contributed by atoms with E-state index in [1.807, 2.05) is 0 Å². The van der Waals surface area contributed by atoms with Gasteiger partial charge in [-0.05, 0) is 43.1 Å². The Morgan fingerprint density at radius 1 is 0.235 bits per heavy atom. The van der Waals surface area contributed by atoms with Crippen LogP contribution in [0.4, 0.5) is 0 Å². The molecule has 16 rings (SSSR count). The number of hydrogen-bond acceptors (Lipinski definition) is 0. The molecule has 0 saturated heterocycles. The molecule has 0 amide bonds. The van der Waals surface area contributed by atoms with Crippen LogP contribution in [0.1, 0.15) is 77.6 Å². The van der Waals surface area contributed by atoms with E-state index in [4.69, 9.17) is 0 Å². The van der Waals surface area contributed by atoms with Crippen molar-refractivity contribution in [2.75, 3.05) is 0 Å². The molecule has 12 aromatic carbocycles. The van der Waals surface area contributed by atoms with Crippen molar-refractivity contribution in [2.24, 2.45) is 23.7 Å². The molecule has 6 heteroatoms. The van der Waals surface area contributed by atoms with Crippen LogP contribution in [0.15, 0.2) is 338 Å². The van der Waals surface area contributed by atoms with E-state index >= 15 is 0 Å². The first-order chi connectivity index (χ1) is 46.8. The molecular weight excluding hydrogens is 1590 g/mol. The molecule has 0 aromatic heterocycles. The summed E-state index contributed by atoms with van der Waals surface area (Å²) in [5, 5.41) is 16.7. The van der Waals surface area contributed by atoms with Crippen molar-refractivity contribution in [1.29, 1.82) is 0 Å². The standard InChI is InChI=1S/4C17H15.2C12H10Si.2ClH.2Hf/c4*1-12-10-13(2)17(11-12)16-9-5-7-14-6-3-4-8-15(14)16;2*1-3-7-11(8-4-1)13-12-9-5-2-6-10-12;;;;/h4*3-9,11-12H,1-2H3;2*1-10H;2*1H;;/q4*-1;;;;;2*+2/p-2. The third kappa shape index (κ3) is 19.0. The average molecular weight is 1670 g/mol. The van der Waals surface area contributed by atoms with Gasteiger partial charge in [-0.3, -0.25) is 24.3 Å². The molecule has 4 aliphatic rings. The minimum absolute atomic E-state index is 0. The first-order valence-corrected chi connectivity index (χ1v) is 47.2. The SMILES string of the molecule is CC1=[C-]C(C)C=C1c1cccc2ccccc12.CC1=[C-]C(C)C=C1c1cccc2ccccc12.CC1=[C-]C(C)C=C1c1cccc2ccccc12.CC1=[C-]C(C)C=C1c1cccc2ccccc12.[Cl-].[Cl-].[Hf+2]=[Si](c1ccccc1)c1ccccc1.[Hf+2]=[Si](c1ccccc1)c1ccccc1. The number of fused-ring (bicyclic) bond motifs is 4. The van der Waals surface area contributed by atoms with Crippen molar-refractivity contribution in [2.45, 2.75) is 55.4 Å². The second kappa shape index (κ2) is 36.4. The van der Waals surface area contributed by atoms with E-state index in [1.54, 1.807) is 0 Å². The molecule has 4 aliphatic carbocycles. The molecule has 98 heavy (non-hydrogen) atoms. The summed E-state index contributed by atoms with van der Waals surface area (Å²) in [7, 11) is 0. The molecule has 0 heterocycles. The Labute approximate surface area is 625 Å². The zero-order chi connectivity index (χ0) is 66.9. The van der Waals surface area contributed by atoms with E-state index < -0.39 is 11.0 Å². The van der Waals surface area contributed by atoms with Crippen LogP contribution < -0.4 is 45.6 Å². The summed E-state index contributed by atoms with van der Waals surface area (Å²) < 4.78 is 0. The second-order valence-corrected chi connectivity index (χ2v) is 39.5. The van der Waals surface area contributed by atoms with Crippen molar-refractivity contribution in [3.05, 3.63) is 384 Å². The maximum atomic E-state index is 3.45. The number of halogens is 2. The van der Waals surface area contributed by atoms with Crippen LogP contribution in [0.5, 0.6) is 0 Å². The number of hydrogen-bond donors (Lipinski definition) is 0. The Balaban J connectivity index is 0.000000137. The summed E-state index contributed by atoms with van der Waals surface area (Å²) in [4.78, 5) is 0. The molecule has 0 spiro atoms. The Morgan fingerprint density at radius 3 is 0.592 bits per heavy atom. The van der Waals surface area contributed by atoms with Gasteiger partial charge < -0.3 is 24.8 Å². The van der Waals surface area contributed by atoms with Gasteiger partial charge in [-0.25, -0.2) is 22.3 Å². The van der Waals surface area contributed by atoms with Gasteiger partial charge in [0.15, 0.2) is 0 Å². The average Bonchev–Trinajstić information content (AvgIpc) is 1.58. The van der Waals surface area contributed by atoms with Gasteiger partial charge in [0.05, 0.1) is 0 Å². The zero-order valence-corrected chi connectivity index (χ0v) is 67.8. The van der Waals surface area contributed by atoms with E-state index in [0.29, 0.717) is 23.7 Å². The van der Waals surface area contributed by atoms with E-state index in [2.05, 4.69) is 395 Å². The van der Waals surface area contributed by atoms with Crippen LogP contribution in [0.25, 0.3) is 65.4 Å². The van der Waals surface area contributed by atoms with Gasteiger partial charge in [0.25, 0.3) is 0 Å². The number of rotatable bonds is 8. The molecule has 0 nitrogen and oxygen atoms in total. The molecule has 0 saturated carbocycles. The first-order valence-electron chi connectivity index (χ1n) is 33.4. The van der Waals surface area contributed by atoms with Crippen molar-refractivity contribution in [3.63, 3.8) is 0 Å². The van der Waals surface area contributed by atoms with Crippen LogP contribution in [0.2, 0.25) is 0 Å². The third-order valence-corrected chi connectivity index (χ3v) is 33.7. The predicted octanol–water partition coefficient (Wildman–Crippen LogP) is 15.2. The molecular formula is C92H80Cl2Hf2Si2-2. The molecule has 0 fully saturated rings. The van der Waals surface area contributed by atoms with Crippen molar-refractivity contribution >= 4 is 97.1 Å². The van der Waals surface area contributed by atoms with Gasteiger partial charge in [-0.2, -0.15) is 46.6 Å². The number of benzene rings is 12. The van der Waals surface area contributed by atoms with Crippen LogP contribution >= 0.6 is 0 Å². The van der Waals surface area contributed by atoms with E-state index in [1.165, 1.54) is 177 Å². The molecule has 0 N–H and O–H groups in total. The van der Waals surface area contributed by atoms with E-state index in [9.17, 15) is 0 Å². The van der Waals surface area contributed by atoms with Gasteiger partial charge in [-0.1, -0.05) is 271 Å². The topological polar surface area (TPSA) is 0 Å². The van der Waals surface area contributed by atoms with Crippen LogP contribution in [0.3, 0.4) is 0 Å². The zero-order valence-electron chi connectivity index (χ0n) is 57.1. The molecule has 4 atom stereocenters. The van der Waals surface area contributed by atoms with Gasteiger partial charge >= 0.3 is 199 Å². The van der Waals surface area contributed by atoms with E-state index in [0.717, 1.165) is 0 Å². The quantitative estimate of drug-likeness (QED) is 0.105. The molecule has 480 valence electrons. The fraction of sp³-hybridized carbons (Fsp3) is 0.130. The van der Waals surface area contributed by atoms with Crippen molar-refractivity contribution in [1.82, 2.24) is 0 Å². The monoisotopic (exact) mass is 1670 g/mol. The van der Waals surface area contributed by atoms with Gasteiger partial charge in [-0.15, -0.1) is 0 Å². The molecule has 0 radical (unpaired) electrons. The van der Waals surface area contributed by atoms with Crippen LogP contribution in [0, 0.1) is 48.0 Å². The molecule has 0 aliphatic heterocycles. The fourth-order valence-corrected chi connectivity index (χ4v) is 23.1. The molecule has 0 bridgehead atoms. The fourth-order valence-electron chi connectivity index (χ4n) is 13.1. The summed E-state index contributed by atoms with van der Waals surface area (Å²) in [5.41, 5.74) is 15.0. The van der Waals surface area contributed by atoms with Crippen molar-refractivity contribution in [3.8, 4) is 0 Å². The van der Waals surface area contributed by atoms with Gasteiger partial charge in [0.2, 0.25) is 0 Å². The second-order valence-electron chi connectivity index (χ2n) is 24.9. The van der Waals surface area contributed by atoms with E-state index in [-0.39, 0.29) is 24.8 Å². The minimum atomic E-state index is -0.406. The summed E-state index contributed by atoms with van der Waals surface area (Å²) >= 11 is 2.53. The van der Waals surface area contributed by atoms with Gasteiger partial charge in [0.1, 0.15) is 0 Å². The summed E-state index contributed by atoms with van der Waals surface area (Å²) in [6.07, 6.45) is 23.0. The Morgan fingerprint density at radius 2 is 0.408 bits per heavy atom. The predicted molar refractivity (Wildman–Crippen MR) is 410 cm³/mol. The first kappa shape index (κ1) is 74.6. The summed E-state index contributed by atoms with van der Waals surface area (Å²) in [6, 6.07) is 104. The van der Waals surface area contributed by atoms with Crippen LogP contribution in [-0.4, -0.2) is 11.0 Å². The van der Waals surface area contributed by atoms with Crippen LogP contribution in [-0.2, 0) is 46.0 Å². The van der Waals surface area contributed by atoms with Gasteiger partial charge in [0, 0.05) is 0 Å². The summed E-state index contributed by atoms with van der Waals surface area (Å²) in [6.45, 7) is 17.3. The van der Waals surface area contributed by atoms with Crippen molar-refractivity contribution < 1.29 is 70.8 Å². The Hall–Kier alpha value is -7.65. The maximum absolute atomic E-state index is 3.45. The number of allylic oxidation sites excluding steroid dienone is 16. The molecule has 12 aromatic rings. The normalized spacial score (nSPS) is 16.2. The summed E-state index contributed by atoms with van der Waals surface area (Å²) in [5.74, 6) is 1.74. The third-order valence-electron chi connectivity index (χ3n) is 17.6. The Bertz CT molecular complexity index is 4370. The molecule has 4 unspecified atom stereocenters. The Kier molecular flexibility index (Phi) is 27.7.